The van der Waals surface area contributed by atoms with Crippen LogP contribution in [0.5, 0.6) is 5.75 Å². The number of rotatable bonds is 6. The third kappa shape index (κ3) is 5.95. The van der Waals surface area contributed by atoms with Crippen molar-refractivity contribution in [3.63, 3.8) is 0 Å². The van der Waals surface area contributed by atoms with Gasteiger partial charge in [-0.15, -0.1) is 0 Å². The number of amides is 1. The van der Waals surface area contributed by atoms with Crippen molar-refractivity contribution >= 4 is 45.2 Å². The molecule has 0 saturated carbocycles. The second kappa shape index (κ2) is 9.92. The lowest BCUT2D eigenvalue weighted by Crippen LogP contribution is -2.13. The Kier molecular flexibility index (Phi) is 7.07. The molecule has 3 aromatic rings. The van der Waals surface area contributed by atoms with Crippen LogP contribution in [0.2, 0.25) is 5.02 Å². The van der Waals surface area contributed by atoms with Crippen LogP contribution >= 0.6 is 27.5 Å². The summed E-state index contributed by atoms with van der Waals surface area (Å²) in [6, 6.07) is 23.7. The van der Waals surface area contributed by atoms with Gasteiger partial charge in [0.1, 0.15) is 24.0 Å². The molecule has 0 saturated heterocycles. The molecule has 1 N–H and O–H groups in total. The summed E-state index contributed by atoms with van der Waals surface area (Å²) in [5.74, 6) is 0.0233. The predicted molar refractivity (Wildman–Crippen MR) is 119 cm³/mol. The SMILES string of the molecule is N#C/C(=C\c1cc(Cl)ccc1OCc1ccc(Br)cc1)C(=O)Nc1ccccc1. The number of carbonyl (C=O) groups excluding carboxylic acids is 1. The second-order valence-electron chi connectivity index (χ2n) is 6.09. The molecule has 0 aliphatic heterocycles. The van der Waals surface area contributed by atoms with E-state index in [4.69, 9.17) is 16.3 Å². The lowest BCUT2D eigenvalue weighted by molar-refractivity contribution is -0.112. The van der Waals surface area contributed by atoms with Gasteiger partial charge in [-0.25, -0.2) is 0 Å². The molecule has 6 heteroatoms. The molecular weight excluding hydrogens is 452 g/mol. The molecule has 29 heavy (non-hydrogen) atoms. The first-order chi connectivity index (χ1) is 14.0. The lowest BCUT2D eigenvalue weighted by Gasteiger charge is -2.11. The Labute approximate surface area is 182 Å². The molecule has 0 spiro atoms. The number of ether oxygens (including phenoxy) is 1. The van der Waals surface area contributed by atoms with Crippen LogP contribution < -0.4 is 10.1 Å². The zero-order valence-electron chi connectivity index (χ0n) is 15.2. The summed E-state index contributed by atoms with van der Waals surface area (Å²) >= 11 is 9.52. The minimum Gasteiger partial charge on any atom is -0.488 e. The first kappa shape index (κ1) is 20.7. The predicted octanol–water partition coefficient (Wildman–Crippen LogP) is 6.23. The Morgan fingerprint density at radius 2 is 1.83 bits per heavy atom. The van der Waals surface area contributed by atoms with Gasteiger partial charge in [-0.3, -0.25) is 4.79 Å². The average Bonchev–Trinajstić information content (AvgIpc) is 2.73. The summed E-state index contributed by atoms with van der Waals surface area (Å²) in [6.07, 6.45) is 1.47. The number of hydrogen-bond donors (Lipinski definition) is 1. The molecule has 4 nitrogen and oxygen atoms in total. The average molecular weight is 468 g/mol. The van der Waals surface area contributed by atoms with E-state index in [1.807, 2.05) is 36.4 Å². The van der Waals surface area contributed by atoms with Gasteiger partial charge in [-0.1, -0.05) is 57.9 Å². The number of halogens is 2. The number of anilines is 1. The van der Waals surface area contributed by atoms with Crippen molar-refractivity contribution in [2.45, 2.75) is 6.61 Å². The molecule has 3 rings (SSSR count). The van der Waals surface area contributed by atoms with Gasteiger partial charge in [0.2, 0.25) is 0 Å². The van der Waals surface area contributed by atoms with E-state index < -0.39 is 5.91 Å². The molecule has 1 amide bonds. The van der Waals surface area contributed by atoms with Crippen LogP contribution in [-0.2, 0) is 11.4 Å². The molecule has 144 valence electrons. The second-order valence-corrected chi connectivity index (χ2v) is 7.44. The van der Waals surface area contributed by atoms with Gasteiger partial charge in [0.15, 0.2) is 0 Å². The van der Waals surface area contributed by atoms with Gasteiger partial charge in [0, 0.05) is 20.7 Å². The number of nitrogens with one attached hydrogen (secondary N) is 1. The number of benzene rings is 3. The Morgan fingerprint density at radius 3 is 2.52 bits per heavy atom. The Balaban J connectivity index is 1.82. The summed E-state index contributed by atoms with van der Waals surface area (Å²) < 4.78 is 6.89. The molecule has 3 aromatic carbocycles. The van der Waals surface area contributed by atoms with Crippen molar-refractivity contribution in [3.05, 3.63) is 99.0 Å². The highest BCUT2D eigenvalue weighted by atomic mass is 79.9. The van der Waals surface area contributed by atoms with Crippen molar-refractivity contribution in [1.82, 2.24) is 0 Å². The zero-order chi connectivity index (χ0) is 20.6. The van der Waals surface area contributed by atoms with Crippen molar-refractivity contribution in [2.24, 2.45) is 0 Å². The number of hydrogen-bond acceptors (Lipinski definition) is 3. The van der Waals surface area contributed by atoms with E-state index >= 15 is 0 Å². The Hall–Kier alpha value is -3.07. The van der Waals surface area contributed by atoms with Gasteiger partial charge < -0.3 is 10.1 Å². The highest BCUT2D eigenvalue weighted by Crippen LogP contribution is 2.26. The number of nitriles is 1. The fourth-order valence-corrected chi connectivity index (χ4v) is 2.97. The van der Waals surface area contributed by atoms with Crippen LogP contribution in [0, 0.1) is 11.3 Å². The third-order valence-electron chi connectivity index (χ3n) is 3.98. The standard InChI is InChI=1S/C23H16BrClN2O2/c24-19-8-6-16(7-9-19)15-29-22-11-10-20(25)13-17(22)12-18(14-26)23(28)27-21-4-2-1-3-5-21/h1-13H,15H2,(H,27,28)/b18-12+. The van der Waals surface area contributed by atoms with Crippen LogP contribution in [0.4, 0.5) is 5.69 Å². The maximum Gasteiger partial charge on any atom is 0.266 e. The molecule has 0 unspecified atom stereocenters. The maximum absolute atomic E-state index is 12.5. The summed E-state index contributed by atoms with van der Waals surface area (Å²) in [6.45, 7) is 0.341. The van der Waals surface area contributed by atoms with E-state index in [0.717, 1.165) is 10.0 Å². The summed E-state index contributed by atoms with van der Waals surface area (Å²) in [7, 11) is 0. The van der Waals surface area contributed by atoms with Crippen LogP contribution in [0.1, 0.15) is 11.1 Å². The number of carbonyl (C=O) groups is 1. The van der Waals surface area contributed by atoms with E-state index in [1.54, 1.807) is 42.5 Å². The van der Waals surface area contributed by atoms with Crippen molar-refractivity contribution < 1.29 is 9.53 Å². The first-order valence-electron chi connectivity index (χ1n) is 8.70. The van der Waals surface area contributed by atoms with Crippen molar-refractivity contribution in [2.75, 3.05) is 5.32 Å². The third-order valence-corrected chi connectivity index (χ3v) is 4.74. The molecule has 0 atom stereocenters. The minimum absolute atomic E-state index is 0.0513. The Bertz CT molecular complexity index is 1070. The monoisotopic (exact) mass is 466 g/mol. The Morgan fingerprint density at radius 1 is 1.10 bits per heavy atom. The van der Waals surface area contributed by atoms with E-state index in [1.165, 1.54) is 6.08 Å². The normalized spacial score (nSPS) is 10.9. The molecule has 0 radical (unpaired) electrons. The van der Waals surface area contributed by atoms with E-state index in [0.29, 0.717) is 28.6 Å². The molecular formula is C23H16BrClN2O2. The summed E-state index contributed by atoms with van der Waals surface area (Å²) in [4.78, 5) is 12.5. The molecule has 0 heterocycles. The van der Waals surface area contributed by atoms with Crippen LogP contribution in [-0.4, -0.2) is 5.91 Å². The highest BCUT2D eigenvalue weighted by molar-refractivity contribution is 9.10. The molecule has 0 aliphatic rings. The summed E-state index contributed by atoms with van der Waals surface area (Å²) in [5, 5.41) is 12.7. The molecule has 0 fully saturated rings. The lowest BCUT2D eigenvalue weighted by atomic mass is 10.1. The summed E-state index contributed by atoms with van der Waals surface area (Å²) in [5.41, 5.74) is 2.09. The van der Waals surface area contributed by atoms with Gasteiger partial charge in [0.25, 0.3) is 5.91 Å². The van der Waals surface area contributed by atoms with E-state index in [9.17, 15) is 10.1 Å². The fourth-order valence-electron chi connectivity index (χ4n) is 2.53. The number of nitrogens with zero attached hydrogens (tertiary/aromatic N) is 1. The zero-order valence-corrected chi connectivity index (χ0v) is 17.6. The van der Waals surface area contributed by atoms with E-state index in [-0.39, 0.29) is 5.57 Å². The highest BCUT2D eigenvalue weighted by Gasteiger charge is 2.12. The molecule has 0 aromatic heterocycles. The smallest absolute Gasteiger partial charge is 0.266 e. The van der Waals surface area contributed by atoms with Gasteiger partial charge in [-0.2, -0.15) is 5.26 Å². The van der Waals surface area contributed by atoms with E-state index in [2.05, 4.69) is 21.2 Å². The van der Waals surface area contributed by atoms with Crippen molar-refractivity contribution in [3.8, 4) is 11.8 Å². The largest absolute Gasteiger partial charge is 0.488 e. The maximum atomic E-state index is 12.5. The molecule has 0 bridgehead atoms. The van der Waals surface area contributed by atoms with Crippen molar-refractivity contribution in [1.29, 1.82) is 5.26 Å². The molecule has 0 aliphatic carbocycles. The van der Waals surface area contributed by atoms with Gasteiger partial charge >= 0.3 is 0 Å². The topological polar surface area (TPSA) is 62.1 Å². The first-order valence-corrected chi connectivity index (χ1v) is 9.87. The quantitative estimate of drug-likeness (QED) is 0.345. The fraction of sp³-hybridized carbons (Fsp3) is 0.0435. The van der Waals surface area contributed by atoms with Gasteiger partial charge in [-0.05, 0) is 54.1 Å². The minimum atomic E-state index is -0.502. The van der Waals surface area contributed by atoms with Crippen LogP contribution in [0.15, 0.2) is 82.8 Å². The number of para-hydroxylation sites is 1. The van der Waals surface area contributed by atoms with Crippen LogP contribution in [0.3, 0.4) is 0 Å². The van der Waals surface area contributed by atoms with Crippen LogP contribution in [0.25, 0.3) is 6.08 Å². The van der Waals surface area contributed by atoms with Gasteiger partial charge in [0.05, 0.1) is 0 Å².